The lowest BCUT2D eigenvalue weighted by atomic mass is 9.97. The van der Waals surface area contributed by atoms with Gasteiger partial charge in [0.25, 0.3) is 0 Å². The van der Waals surface area contributed by atoms with E-state index in [9.17, 15) is 9.50 Å². The fraction of sp³-hybridized carbons (Fsp3) is 0.294. The van der Waals surface area contributed by atoms with E-state index in [2.05, 4.69) is 0 Å². The Labute approximate surface area is 124 Å². The molecular weight excluding hydrogens is 271 g/mol. The molecule has 4 heteroatoms. The summed E-state index contributed by atoms with van der Waals surface area (Å²) in [6.45, 7) is 1.83. The highest BCUT2D eigenvalue weighted by Crippen LogP contribution is 2.35. The number of hydrogen-bond acceptors (Lipinski definition) is 3. The minimum absolute atomic E-state index is 0.273. The van der Waals surface area contributed by atoms with Crippen molar-refractivity contribution >= 4 is 0 Å². The summed E-state index contributed by atoms with van der Waals surface area (Å²) in [5.74, 6) is 0.821. The number of ether oxygens (including phenoxy) is 2. The van der Waals surface area contributed by atoms with Gasteiger partial charge in [0.1, 0.15) is 5.82 Å². The van der Waals surface area contributed by atoms with Gasteiger partial charge in [-0.2, -0.15) is 0 Å². The van der Waals surface area contributed by atoms with Crippen molar-refractivity contribution in [1.82, 2.24) is 0 Å². The topological polar surface area (TPSA) is 38.7 Å². The second-order valence-corrected chi connectivity index (χ2v) is 4.87. The van der Waals surface area contributed by atoms with Gasteiger partial charge in [0.2, 0.25) is 0 Å². The number of benzene rings is 2. The van der Waals surface area contributed by atoms with E-state index in [0.29, 0.717) is 23.5 Å². The highest BCUT2D eigenvalue weighted by Gasteiger charge is 2.18. The monoisotopic (exact) mass is 290 g/mol. The molecule has 0 amide bonds. The summed E-state index contributed by atoms with van der Waals surface area (Å²) in [6.07, 6.45) is -0.366. The molecule has 0 aliphatic heterocycles. The molecule has 1 N–H and O–H groups in total. The first kappa shape index (κ1) is 15.3. The molecule has 2 aromatic rings. The van der Waals surface area contributed by atoms with Crippen molar-refractivity contribution in [3.63, 3.8) is 0 Å². The van der Waals surface area contributed by atoms with Gasteiger partial charge in [-0.3, -0.25) is 0 Å². The number of rotatable bonds is 5. The summed E-state index contributed by atoms with van der Waals surface area (Å²) < 4.78 is 23.7. The molecule has 0 saturated heterocycles. The first-order chi connectivity index (χ1) is 10.1. The van der Waals surface area contributed by atoms with E-state index < -0.39 is 6.10 Å². The zero-order valence-electron chi connectivity index (χ0n) is 12.4. The molecule has 1 atom stereocenters. The van der Waals surface area contributed by atoms with Crippen LogP contribution < -0.4 is 9.47 Å². The lowest BCUT2D eigenvalue weighted by molar-refractivity contribution is 0.172. The Morgan fingerprint density at radius 3 is 2.52 bits per heavy atom. The van der Waals surface area contributed by atoms with Crippen molar-refractivity contribution in [3.8, 4) is 11.5 Å². The van der Waals surface area contributed by atoms with Crippen LogP contribution in [-0.2, 0) is 6.42 Å². The smallest absolute Gasteiger partial charge is 0.166 e. The second-order valence-electron chi connectivity index (χ2n) is 4.87. The van der Waals surface area contributed by atoms with Crippen LogP contribution in [0.4, 0.5) is 4.39 Å². The van der Waals surface area contributed by atoms with Crippen molar-refractivity contribution in [2.45, 2.75) is 19.4 Å². The molecule has 1 unspecified atom stereocenters. The molecule has 0 aromatic heterocycles. The Balaban J connectivity index is 2.30. The largest absolute Gasteiger partial charge is 0.493 e. The molecule has 112 valence electrons. The van der Waals surface area contributed by atoms with Crippen LogP contribution >= 0.6 is 0 Å². The first-order valence-electron chi connectivity index (χ1n) is 6.70. The first-order valence-corrected chi connectivity index (χ1v) is 6.70. The number of methoxy groups -OCH3 is 2. The fourth-order valence-electron chi connectivity index (χ4n) is 2.38. The number of para-hydroxylation sites is 1. The molecule has 0 spiro atoms. The summed E-state index contributed by atoms with van der Waals surface area (Å²) in [6, 6.07) is 9.93. The molecular formula is C17H19FO3. The van der Waals surface area contributed by atoms with Crippen molar-refractivity contribution in [2.24, 2.45) is 0 Å². The van der Waals surface area contributed by atoms with Crippen LogP contribution in [-0.4, -0.2) is 19.3 Å². The van der Waals surface area contributed by atoms with E-state index in [-0.39, 0.29) is 5.82 Å². The number of aliphatic hydroxyl groups is 1. The quantitative estimate of drug-likeness (QED) is 0.917. The lowest BCUT2D eigenvalue weighted by Crippen LogP contribution is -2.06. The van der Waals surface area contributed by atoms with Gasteiger partial charge in [0.15, 0.2) is 11.5 Å². The minimum Gasteiger partial charge on any atom is -0.493 e. The van der Waals surface area contributed by atoms with Crippen LogP contribution in [0.5, 0.6) is 11.5 Å². The van der Waals surface area contributed by atoms with Crippen molar-refractivity contribution < 1.29 is 19.0 Å². The zero-order valence-corrected chi connectivity index (χ0v) is 12.4. The summed E-state index contributed by atoms with van der Waals surface area (Å²) in [7, 11) is 3.09. The maximum Gasteiger partial charge on any atom is 0.166 e. The molecule has 0 saturated carbocycles. The predicted octanol–water partition coefficient (Wildman–Crippen LogP) is 3.43. The van der Waals surface area contributed by atoms with Gasteiger partial charge in [-0.05, 0) is 36.2 Å². The summed E-state index contributed by atoms with van der Waals surface area (Å²) in [5, 5.41) is 10.5. The van der Waals surface area contributed by atoms with E-state index in [1.165, 1.54) is 19.2 Å². The van der Waals surface area contributed by atoms with Crippen LogP contribution in [0.2, 0.25) is 0 Å². The van der Waals surface area contributed by atoms with E-state index in [4.69, 9.17) is 9.47 Å². The maximum absolute atomic E-state index is 13.1. The van der Waals surface area contributed by atoms with Gasteiger partial charge in [-0.15, -0.1) is 0 Å². The van der Waals surface area contributed by atoms with Crippen LogP contribution in [0.25, 0.3) is 0 Å². The molecule has 2 aromatic carbocycles. The molecule has 2 rings (SSSR count). The highest BCUT2D eigenvalue weighted by atomic mass is 19.1. The van der Waals surface area contributed by atoms with Gasteiger partial charge >= 0.3 is 0 Å². The molecule has 0 fully saturated rings. The molecule has 0 radical (unpaired) electrons. The zero-order chi connectivity index (χ0) is 15.4. The number of aryl methyl sites for hydroxylation is 1. The van der Waals surface area contributed by atoms with Gasteiger partial charge in [0.05, 0.1) is 20.3 Å². The maximum atomic E-state index is 13.1. The van der Waals surface area contributed by atoms with Gasteiger partial charge < -0.3 is 14.6 Å². The van der Waals surface area contributed by atoms with Gasteiger partial charge in [-0.25, -0.2) is 4.39 Å². The Hall–Kier alpha value is -2.07. The molecule has 0 aliphatic rings. The average molecular weight is 290 g/mol. The fourth-order valence-corrected chi connectivity index (χ4v) is 2.38. The predicted molar refractivity (Wildman–Crippen MR) is 79.3 cm³/mol. The van der Waals surface area contributed by atoms with Crippen LogP contribution in [0.15, 0.2) is 36.4 Å². The third-order valence-electron chi connectivity index (χ3n) is 3.51. The number of aliphatic hydroxyl groups excluding tert-OH is 1. The highest BCUT2D eigenvalue weighted by molar-refractivity contribution is 5.48. The molecule has 0 bridgehead atoms. The van der Waals surface area contributed by atoms with Gasteiger partial charge in [-0.1, -0.05) is 18.2 Å². The summed E-state index contributed by atoms with van der Waals surface area (Å²) in [4.78, 5) is 0. The van der Waals surface area contributed by atoms with Crippen LogP contribution in [0, 0.1) is 12.7 Å². The Kier molecular flexibility index (Phi) is 4.81. The molecule has 0 aliphatic carbocycles. The normalized spacial score (nSPS) is 12.0. The van der Waals surface area contributed by atoms with E-state index >= 15 is 0 Å². The molecule has 21 heavy (non-hydrogen) atoms. The number of hydrogen-bond donors (Lipinski definition) is 1. The van der Waals surface area contributed by atoms with Crippen molar-refractivity contribution in [2.75, 3.05) is 14.2 Å². The molecule has 3 nitrogen and oxygen atoms in total. The Morgan fingerprint density at radius 1 is 1.14 bits per heavy atom. The van der Waals surface area contributed by atoms with Gasteiger partial charge in [0, 0.05) is 12.0 Å². The van der Waals surface area contributed by atoms with Crippen molar-refractivity contribution in [3.05, 3.63) is 58.9 Å². The third kappa shape index (κ3) is 3.34. The van der Waals surface area contributed by atoms with E-state index in [1.807, 2.05) is 6.92 Å². The van der Waals surface area contributed by atoms with E-state index in [1.54, 1.807) is 31.4 Å². The van der Waals surface area contributed by atoms with Crippen LogP contribution in [0.3, 0.4) is 0 Å². The SMILES string of the molecule is COc1cccc(C(O)Cc2ccc(F)cc2C)c1OC. The Bertz CT molecular complexity index is 625. The number of halogens is 1. The lowest BCUT2D eigenvalue weighted by Gasteiger charge is -2.18. The third-order valence-corrected chi connectivity index (χ3v) is 3.51. The summed E-state index contributed by atoms with van der Waals surface area (Å²) in [5.41, 5.74) is 2.37. The Morgan fingerprint density at radius 2 is 1.90 bits per heavy atom. The van der Waals surface area contributed by atoms with Crippen molar-refractivity contribution in [1.29, 1.82) is 0 Å². The van der Waals surface area contributed by atoms with E-state index in [0.717, 1.165) is 11.1 Å². The minimum atomic E-state index is -0.751. The molecule has 0 heterocycles. The standard InChI is InChI=1S/C17H19FO3/c1-11-9-13(18)8-7-12(11)10-15(19)14-5-4-6-16(20-2)17(14)21-3/h4-9,15,19H,10H2,1-3H3. The summed E-state index contributed by atoms with van der Waals surface area (Å²) >= 11 is 0. The average Bonchev–Trinajstić information content (AvgIpc) is 2.49. The second kappa shape index (κ2) is 6.59. The van der Waals surface area contributed by atoms with Crippen LogP contribution in [0.1, 0.15) is 22.8 Å².